The lowest BCUT2D eigenvalue weighted by molar-refractivity contribution is -0.146. The average Bonchev–Trinajstić information content (AvgIpc) is 3.24. The molecule has 2 aromatic heterocycles. The Morgan fingerprint density at radius 1 is 0.706 bits per heavy atom. The molecule has 0 aliphatic rings. The van der Waals surface area contributed by atoms with Crippen LogP contribution in [0.4, 0.5) is 0 Å². The average molecular weight is 566 g/mol. The molecule has 0 bridgehead atoms. The van der Waals surface area contributed by atoms with Crippen molar-refractivity contribution < 1.29 is 19.1 Å². The molecule has 6 nitrogen and oxygen atoms in total. The number of nitrogens with zero attached hydrogens (tertiary/aromatic N) is 2. The van der Waals surface area contributed by atoms with Crippen LogP contribution >= 0.6 is 33.2 Å². The number of rotatable bonds is 8. The number of hydrogen-bond donors (Lipinski definition) is 0. The lowest BCUT2D eigenvalue weighted by atomic mass is 10.4. The van der Waals surface area contributed by atoms with E-state index in [0.717, 1.165) is 0 Å². The van der Waals surface area contributed by atoms with Crippen LogP contribution in [0.1, 0.15) is 65.8 Å². The number of ether oxygens (including phenoxy) is 2. The highest BCUT2D eigenvalue weighted by Gasteiger charge is 2.29. The Labute approximate surface area is 225 Å². The van der Waals surface area contributed by atoms with Gasteiger partial charge in [0, 0.05) is 24.8 Å². The third-order valence-corrected chi connectivity index (χ3v) is 4.63. The van der Waals surface area contributed by atoms with Crippen molar-refractivity contribution in [2.75, 3.05) is 0 Å². The van der Waals surface area contributed by atoms with Crippen molar-refractivity contribution in [3.05, 3.63) is 61.7 Å². The van der Waals surface area contributed by atoms with Gasteiger partial charge in [0.2, 0.25) is 0 Å². The fourth-order valence-corrected chi connectivity index (χ4v) is 3.01. The highest BCUT2D eigenvalue weighted by molar-refractivity contribution is 7.65. The lowest BCUT2D eigenvalue weighted by Crippen LogP contribution is -2.18. The van der Waals surface area contributed by atoms with Gasteiger partial charge < -0.3 is 18.6 Å². The van der Waals surface area contributed by atoms with E-state index >= 15 is 0 Å². The van der Waals surface area contributed by atoms with Gasteiger partial charge in [-0.2, -0.15) is 0 Å². The number of hydrogen-bond acceptors (Lipinski definition) is 4. The summed E-state index contributed by atoms with van der Waals surface area (Å²) in [6.45, 7) is 3.87. The Kier molecular flexibility index (Phi) is 46.3. The Balaban J connectivity index is -0.0000000540. The maximum absolute atomic E-state index is 11.1. The molecule has 10 heteroatoms. The smallest absolute Gasteiger partial charge is 0.352 e. The predicted molar refractivity (Wildman–Crippen MR) is 158 cm³/mol. The Hall–Kier alpha value is -1.67. The van der Waals surface area contributed by atoms with E-state index in [4.69, 9.17) is 42.7 Å². The molecule has 0 aromatic carbocycles. The summed E-state index contributed by atoms with van der Waals surface area (Å²) in [6.07, 6.45) is 9.02. The molecule has 2 heterocycles. The van der Waals surface area contributed by atoms with Gasteiger partial charge in [0.15, 0.2) is 13.5 Å². The van der Waals surface area contributed by atoms with Gasteiger partial charge in [0.25, 0.3) is 0 Å². The molecular weight excluding hydrogens is 515 g/mol. The van der Waals surface area contributed by atoms with Crippen LogP contribution in [0.15, 0.2) is 61.7 Å². The van der Waals surface area contributed by atoms with Crippen molar-refractivity contribution in [3.63, 3.8) is 0 Å². The van der Waals surface area contributed by atoms with Crippen LogP contribution in [0.3, 0.4) is 0 Å². The van der Waals surface area contributed by atoms with E-state index in [-0.39, 0.29) is 91.3 Å². The summed E-state index contributed by atoms with van der Waals surface area (Å²) >= 11 is 16.7. The van der Waals surface area contributed by atoms with Crippen LogP contribution in [-0.4, -0.2) is 27.1 Å². The molecule has 0 N–H and O–H groups in total. The van der Waals surface area contributed by atoms with Crippen molar-refractivity contribution in [2.45, 2.75) is 85.3 Å². The topological polar surface area (TPSA) is 62.5 Å². The van der Waals surface area contributed by atoms with Gasteiger partial charge in [-0.3, -0.25) is 9.59 Å². The first kappa shape index (κ1) is 53.6. The minimum absolute atomic E-state index is 0. The fraction of sp³-hybridized carbons (Fsp3) is 0.500. The molecule has 0 radical (unpaired) electrons. The van der Waals surface area contributed by atoms with Crippen molar-refractivity contribution in [3.8, 4) is 0 Å². The summed E-state index contributed by atoms with van der Waals surface area (Å²) in [7, 11) is 0. The Morgan fingerprint density at radius 2 is 1.03 bits per heavy atom. The highest BCUT2D eigenvalue weighted by Crippen LogP contribution is 2.25. The summed E-state index contributed by atoms with van der Waals surface area (Å²) in [4.78, 5) is 21.9. The minimum Gasteiger partial charge on any atom is -0.444 e. The van der Waals surface area contributed by atoms with E-state index in [1.165, 1.54) is 6.08 Å². The number of aromatic nitrogens is 2. The van der Waals surface area contributed by atoms with E-state index < -0.39 is 12.0 Å². The summed E-state index contributed by atoms with van der Waals surface area (Å²) in [5.74, 6) is -0.732. The molecule has 2 aromatic rings. The standard InChI is InChI=1S/C9H11NO2.C7H8Cl3NO2Si.8CH4/c1-2-5-9(11)12-8-10-6-3-4-7-10;8-14(9,10)5-7(12)13-6-11-3-1-2-4-11;;;;;;;;/h2-4,6-7H,1,5,8H2;1-4H,5-6H2;8*1H4. The first-order valence-corrected chi connectivity index (χ1v) is 12.7. The van der Waals surface area contributed by atoms with Crippen LogP contribution < -0.4 is 0 Å². The predicted octanol–water partition coefficient (Wildman–Crippen LogP) is 9.30. The third-order valence-electron chi connectivity index (χ3n) is 2.74. The van der Waals surface area contributed by atoms with E-state index in [0.29, 0.717) is 0 Å². The highest BCUT2D eigenvalue weighted by atomic mass is 35.8. The lowest BCUT2D eigenvalue weighted by Gasteiger charge is -2.08. The van der Waals surface area contributed by atoms with Crippen LogP contribution in [0, 0.1) is 0 Å². The number of carbonyl (C=O) groups is 2. The zero-order valence-electron chi connectivity index (χ0n) is 13.9. The first-order valence-electron chi connectivity index (χ1n) is 7.50. The summed E-state index contributed by atoms with van der Waals surface area (Å²) in [6, 6.07) is 4.39. The molecule has 0 atom stereocenters. The SMILES string of the molecule is C.C.C.C.C.C.C.C.C=CCC(=O)OCn1cccc1.O=C(C[Si](Cl)(Cl)Cl)OCn1cccc1. The number of halogens is 3. The van der Waals surface area contributed by atoms with Crippen LogP contribution in [0.5, 0.6) is 0 Å². The monoisotopic (exact) mass is 564 g/mol. The van der Waals surface area contributed by atoms with Crippen molar-refractivity contribution >= 4 is 51.2 Å². The van der Waals surface area contributed by atoms with Gasteiger partial charge >= 0.3 is 17.9 Å². The van der Waals surface area contributed by atoms with E-state index in [2.05, 4.69) is 6.58 Å². The number of carbonyl (C=O) groups excluding carboxylic acids is 2. The fourth-order valence-electron chi connectivity index (χ4n) is 1.60. The van der Waals surface area contributed by atoms with E-state index in [9.17, 15) is 9.59 Å². The Morgan fingerprint density at radius 3 is 1.32 bits per heavy atom. The second-order valence-corrected chi connectivity index (χ2v) is 14.1. The van der Waals surface area contributed by atoms with E-state index in [1.807, 2.05) is 36.7 Å². The van der Waals surface area contributed by atoms with Gasteiger partial charge in [0.05, 0.1) is 12.5 Å². The maximum atomic E-state index is 11.1. The van der Waals surface area contributed by atoms with Crippen molar-refractivity contribution in [1.29, 1.82) is 0 Å². The van der Waals surface area contributed by atoms with Gasteiger partial charge in [-0.05, 0) is 24.3 Å². The van der Waals surface area contributed by atoms with Gasteiger partial charge in [-0.15, -0.1) is 39.8 Å². The molecule has 0 aliphatic carbocycles. The maximum Gasteiger partial charge on any atom is 0.352 e. The first-order chi connectivity index (χ1) is 12.3. The summed E-state index contributed by atoms with van der Waals surface area (Å²) in [5.41, 5.74) is 0. The van der Waals surface area contributed by atoms with Crippen LogP contribution in [-0.2, 0) is 32.5 Å². The molecule has 0 spiro atoms. The molecule has 206 valence electrons. The molecule has 0 unspecified atom stereocenters. The van der Waals surface area contributed by atoms with Crippen LogP contribution in [0.25, 0.3) is 0 Å². The molecule has 0 aliphatic heterocycles. The normalized spacial score (nSPS) is 7.97. The number of esters is 2. The van der Waals surface area contributed by atoms with Crippen molar-refractivity contribution in [1.82, 2.24) is 9.13 Å². The molecular formula is C24H51Cl3N2O4Si. The van der Waals surface area contributed by atoms with Gasteiger partial charge in [-0.1, -0.05) is 65.5 Å². The zero-order valence-corrected chi connectivity index (χ0v) is 17.2. The van der Waals surface area contributed by atoms with Crippen LogP contribution in [0.2, 0.25) is 6.04 Å². The van der Waals surface area contributed by atoms with Crippen molar-refractivity contribution in [2.24, 2.45) is 0 Å². The summed E-state index contributed by atoms with van der Waals surface area (Å²) < 4.78 is 13.2. The second kappa shape index (κ2) is 29.4. The Bertz CT molecular complexity index is 675. The molecule has 0 saturated heterocycles. The largest absolute Gasteiger partial charge is 0.444 e. The minimum atomic E-state index is -2.91. The quantitative estimate of drug-likeness (QED) is 0.138. The second-order valence-electron chi connectivity index (χ2n) is 4.97. The van der Waals surface area contributed by atoms with Gasteiger partial charge in [-0.25, -0.2) is 0 Å². The van der Waals surface area contributed by atoms with E-state index in [1.54, 1.807) is 21.5 Å². The third kappa shape index (κ3) is 28.4. The zero-order chi connectivity index (χ0) is 19.4. The van der Waals surface area contributed by atoms with Gasteiger partial charge in [0.1, 0.15) is 0 Å². The molecule has 34 heavy (non-hydrogen) atoms. The summed E-state index contributed by atoms with van der Waals surface area (Å²) in [5, 5.41) is 0. The molecule has 0 amide bonds. The molecule has 2 rings (SSSR count). The molecule has 0 saturated carbocycles. The molecule has 0 fully saturated rings.